The highest BCUT2D eigenvalue weighted by molar-refractivity contribution is 7.98. The zero-order valence-electron chi connectivity index (χ0n) is 9.21. The average Bonchev–Trinajstić information content (AvgIpc) is 2.19. The Kier molecular flexibility index (Phi) is 5.05. The molecule has 1 rings (SSSR count). The Balaban J connectivity index is 2.43. The van der Waals surface area contributed by atoms with Gasteiger partial charge in [-0.3, -0.25) is 0 Å². The Labute approximate surface area is 91.3 Å². The molecule has 78 valence electrons. The van der Waals surface area contributed by atoms with Crippen LogP contribution in [-0.4, -0.2) is 18.6 Å². The van der Waals surface area contributed by atoms with Gasteiger partial charge in [0.05, 0.1) is 0 Å². The van der Waals surface area contributed by atoms with Gasteiger partial charge in [0.1, 0.15) is 0 Å². The van der Waals surface area contributed by atoms with Crippen molar-refractivity contribution in [2.75, 3.05) is 18.6 Å². The van der Waals surface area contributed by atoms with Gasteiger partial charge in [0.15, 0.2) is 0 Å². The summed E-state index contributed by atoms with van der Waals surface area (Å²) in [7, 11) is 0. The molecule has 0 heterocycles. The van der Waals surface area contributed by atoms with Crippen LogP contribution in [0.15, 0.2) is 24.3 Å². The van der Waals surface area contributed by atoms with Gasteiger partial charge in [-0.2, -0.15) is 11.8 Å². The molecule has 0 aliphatic heterocycles. The summed E-state index contributed by atoms with van der Waals surface area (Å²) >= 11 is 1.88. The predicted molar refractivity (Wildman–Crippen MR) is 66.0 cm³/mol. The van der Waals surface area contributed by atoms with E-state index >= 15 is 0 Å². The van der Waals surface area contributed by atoms with Crippen LogP contribution in [0.5, 0.6) is 0 Å². The van der Waals surface area contributed by atoms with Crippen LogP contribution in [0.1, 0.15) is 24.1 Å². The normalized spacial score (nSPS) is 12.8. The van der Waals surface area contributed by atoms with Crippen molar-refractivity contribution in [3.05, 3.63) is 35.4 Å². The maximum atomic E-state index is 3.50. The van der Waals surface area contributed by atoms with Crippen molar-refractivity contribution in [1.29, 1.82) is 0 Å². The predicted octanol–water partition coefficient (Wildman–Crippen LogP) is 3.01. The zero-order valence-corrected chi connectivity index (χ0v) is 10.0. The first-order valence-corrected chi connectivity index (χ1v) is 6.42. The van der Waals surface area contributed by atoms with Crippen molar-refractivity contribution in [2.24, 2.45) is 0 Å². The number of aryl methyl sites for hydroxylation is 1. The van der Waals surface area contributed by atoms with Crippen molar-refractivity contribution in [3.63, 3.8) is 0 Å². The summed E-state index contributed by atoms with van der Waals surface area (Å²) in [6.07, 6.45) is 2.14. The molecule has 1 nitrogen and oxygen atoms in total. The molecule has 0 bridgehead atoms. The Morgan fingerprint density at radius 1 is 1.29 bits per heavy atom. The Hall–Kier alpha value is -0.470. The van der Waals surface area contributed by atoms with Crippen LogP contribution in [0.25, 0.3) is 0 Å². The number of rotatable bonds is 5. The number of thioether (sulfide) groups is 1. The van der Waals surface area contributed by atoms with E-state index in [1.54, 1.807) is 0 Å². The van der Waals surface area contributed by atoms with Gasteiger partial charge in [-0.1, -0.05) is 29.8 Å². The average molecular weight is 209 g/mol. The molecule has 0 spiro atoms. The summed E-state index contributed by atoms with van der Waals surface area (Å²) in [5, 5.41) is 3.50. The van der Waals surface area contributed by atoms with E-state index in [0.29, 0.717) is 6.04 Å². The van der Waals surface area contributed by atoms with Crippen molar-refractivity contribution in [1.82, 2.24) is 5.32 Å². The first-order valence-electron chi connectivity index (χ1n) is 5.03. The minimum atomic E-state index is 0.461. The van der Waals surface area contributed by atoms with Crippen LogP contribution in [0.2, 0.25) is 0 Å². The summed E-state index contributed by atoms with van der Waals surface area (Å²) in [5.74, 6) is 1.18. The van der Waals surface area contributed by atoms with E-state index in [-0.39, 0.29) is 0 Å². The topological polar surface area (TPSA) is 12.0 Å². The van der Waals surface area contributed by atoms with E-state index in [1.165, 1.54) is 16.9 Å². The lowest BCUT2D eigenvalue weighted by molar-refractivity contribution is 0.601. The van der Waals surface area contributed by atoms with Gasteiger partial charge in [0, 0.05) is 18.3 Å². The number of hydrogen-bond acceptors (Lipinski definition) is 2. The molecule has 0 aliphatic carbocycles. The van der Waals surface area contributed by atoms with Crippen LogP contribution in [0.4, 0.5) is 0 Å². The molecule has 0 saturated carbocycles. The molecule has 1 atom stereocenters. The van der Waals surface area contributed by atoms with Gasteiger partial charge in [0.25, 0.3) is 0 Å². The second-order valence-corrected chi connectivity index (χ2v) is 4.56. The SMILES string of the molecule is CSCCN[C@H](C)c1ccc(C)cc1. The van der Waals surface area contributed by atoms with Crippen molar-refractivity contribution in [2.45, 2.75) is 19.9 Å². The summed E-state index contributed by atoms with van der Waals surface area (Å²) in [6, 6.07) is 9.20. The molecule has 1 N–H and O–H groups in total. The van der Waals surface area contributed by atoms with Gasteiger partial charge in [-0.15, -0.1) is 0 Å². The third-order valence-corrected chi connectivity index (χ3v) is 2.95. The molecular formula is C12H19NS. The second-order valence-electron chi connectivity index (χ2n) is 3.58. The lowest BCUT2D eigenvalue weighted by Crippen LogP contribution is -2.21. The number of hydrogen-bond donors (Lipinski definition) is 1. The van der Waals surface area contributed by atoms with Gasteiger partial charge in [-0.05, 0) is 25.7 Å². The van der Waals surface area contributed by atoms with Gasteiger partial charge >= 0.3 is 0 Å². The second kappa shape index (κ2) is 6.10. The minimum Gasteiger partial charge on any atom is -0.309 e. The van der Waals surface area contributed by atoms with Crippen molar-refractivity contribution in [3.8, 4) is 0 Å². The molecule has 0 radical (unpaired) electrons. The Morgan fingerprint density at radius 3 is 2.50 bits per heavy atom. The molecule has 1 aromatic rings. The van der Waals surface area contributed by atoms with Gasteiger partial charge in [0.2, 0.25) is 0 Å². The Morgan fingerprint density at radius 2 is 1.93 bits per heavy atom. The fraction of sp³-hybridized carbons (Fsp3) is 0.500. The molecule has 14 heavy (non-hydrogen) atoms. The van der Waals surface area contributed by atoms with Gasteiger partial charge < -0.3 is 5.32 Å². The monoisotopic (exact) mass is 209 g/mol. The number of benzene rings is 1. The molecular weight excluding hydrogens is 190 g/mol. The van der Waals surface area contributed by atoms with Crippen LogP contribution in [0, 0.1) is 6.92 Å². The van der Waals surface area contributed by atoms with E-state index in [4.69, 9.17) is 0 Å². The van der Waals surface area contributed by atoms with Gasteiger partial charge in [-0.25, -0.2) is 0 Å². The largest absolute Gasteiger partial charge is 0.309 e. The summed E-state index contributed by atoms with van der Waals surface area (Å²) < 4.78 is 0. The Bertz CT molecular complexity index is 256. The van der Waals surface area contributed by atoms with Crippen LogP contribution in [-0.2, 0) is 0 Å². The lowest BCUT2D eigenvalue weighted by atomic mass is 10.1. The van der Waals surface area contributed by atoms with E-state index < -0.39 is 0 Å². The minimum absolute atomic E-state index is 0.461. The molecule has 0 aromatic heterocycles. The quantitative estimate of drug-likeness (QED) is 0.748. The molecule has 2 heteroatoms. The maximum Gasteiger partial charge on any atom is 0.0292 e. The fourth-order valence-electron chi connectivity index (χ4n) is 1.35. The summed E-state index contributed by atoms with van der Waals surface area (Å²) in [5.41, 5.74) is 2.70. The van der Waals surface area contributed by atoms with Crippen LogP contribution >= 0.6 is 11.8 Å². The smallest absolute Gasteiger partial charge is 0.0292 e. The third kappa shape index (κ3) is 3.72. The molecule has 0 aliphatic rings. The van der Waals surface area contributed by atoms with E-state index in [2.05, 4.69) is 49.7 Å². The zero-order chi connectivity index (χ0) is 10.4. The molecule has 0 saturated heterocycles. The van der Waals surface area contributed by atoms with E-state index in [1.807, 2.05) is 11.8 Å². The first kappa shape index (κ1) is 11.6. The molecule has 0 amide bonds. The fourth-order valence-corrected chi connectivity index (χ4v) is 1.67. The van der Waals surface area contributed by atoms with E-state index in [0.717, 1.165) is 6.54 Å². The molecule has 0 fully saturated rings. The van der Waals surface area contributed by atoms with Crippen LogP contribution in [0.3, 0.4) is 0 Å². The molecule has 0 unspecified atom stereocenters. The maximum absolute atomic E-state index is 3.50. The summed E-state index contributed by atoms with van der Waals surface area (Å²) in [6.45, 7) is 5.41. The van der Waals surface area contributed by atoms with Crippen molar-refractivity contribution >= 4 is 11.8 Å². The van der Waals surface area contributed by atoms with Crippen LogP contribution < -0.4 is 5.32 Å². The highest BCUT2D eigenvalue weighted by Gasteiger charge is 2.02. The highest BCUT2D eigenvalue weighted by atomic mass is 32.2. The highest BCUT2D eigenvalue weighted by Crippen LogP contribution is 2.12. The summed E-state index contributed by atoms with van der Waals surface area (Å²) in [4.78, 5) is 0. The standard InChI is InChI=1S/C12H19NS/c1-10-4-6-12(7-5-10)11(2)13-8-9-14-3/h4-7,11,13H,8-9H2,1-3H3/t11-/m1/s1. The van der Waals surface area contributed by atoms with E-state index in [9.17, 15) is 0 Å². The third-order valence-electron chi connectivity index (χ3n) is 2.33. The van der Waals surface area contributed by atoms with Crippen molar-refractivity contribution < 1.29 is 0 Å². The first-order chi connectivity index (χ1) is 6.74. The molecule has 1 aromatic carbocycles. The lowest BCUT2D eigenvalue weighted by Gasteiger charge is -2.13. The number of nitrogens with one attached hydrogen (secondary N) is 1.